The van der Waals surface area contributed by atoms with Crippen LogP contribution in [0.3, 0.4) is 0 Å². The van der Waals surface area contributed by atoms with Gasteiger partial charge in [-0.1, -0.05) is 80.8 Å². The van der Waals surface area contributed by atoms with Gasteiger partial charge in [-0.2, -0.15) is 0 Å². The molecule has 1 saturated carbocycles. The monoisotopic (exact) mass is 444 g/mol. The fourth-order valence-electron chi connectivity index (χ4n) is 4.35. The summed E-state index contributed by atoms with van der Waals surface area (Å²) in [5.74, 6) is -0.724. The smallest absolute Gasteiger partial charge is 0.303 e. The summed E-state index contributed by atoms with van der Waals surface area (Å²) in [6.07, 6.45) is 13.7. The lowest BCUT2D eigenvalue weighted by Gasteiger charge is -2.23. The minimum Gasteiger partial charge on any atom is -0.481 e. The highest BCUT2D eigenvalue weighted by Gasteiger charge is 2.41. The summed E-state index contributed by atoms with van der Waals surface area (Å²) >= 11 is 0. The normalized spacial score (nSPS) is 24.5. The summed E-state index contributed by atoms with van der Waals surface area (Å²) in [7, 11) is 0. The predicted molar refractivity (Wildman–Crippen MR) is 127 cm³/mol. The van der Waals surface area contributed by atoms with Gasteiger partial charge in [0.25, 0.3) is 0 Å². The molecule has 5 nitrogen and oxygen atoms in total. The van der Waals surface area contributed by atoms with Crippen LogP contribution >= 0.6 is 0 Å². The molecule has 1 aromatic carbocycles. The number of carboxylic acids is 1. The standard InChI is InChI=1S/C27H40O5/c1-2-3-7-14-22(28)17-18-23-24(15-10-4-5-11-16-27(30)31)26(19-25(23)29)32-20-21-12-8-6-9-13-21/h4,6,8-10,12-13,17-18,22-26,28-29H,2-3,5,7,11,14-16,19-20H2,1H3,(H,30,31)/b10-4-,18-17+/t22-,23+,24+,25+,26-/m0/s1. The second-order valence-corrected chi connectivity index (χ2v) is 8.82. The van der Waals surface area contributed by atoms with Crippen LogP contribution in [0.25, 0.3) is 0 Å². The number of hydrogen-bond donors (Lipinski definition) is 3. The van der Waals surface area contributed by atoms with E-state index in [0.29, 0.717) is 19.4 Å². The highest BCUT2D eigenvalue weighted by Crippen LogP contribution is 2.38. The Morgan fingerprint density at radius 2 is 1.97 bits per heavy atom. The lowest BCUT2D eigenvalue weighted by molar-refractivity contribution is -0.137. The molecule has 0 heterocycles. The number of aliphatic hydroxyl groups is 2. The molecule has 0 radical (unpaired) electrons. The Hall–Kier alpha value is -1.95. The maximum atomic E-state index is 10.8. The van der Waals surface area contributed by atoms with Gasteiger partial charge >= 0.3 is 5.97 Å². The second kappa shape index (κ2) is 15.0. The quantitative estimate of drug-likeness (QED) is 0.253. The number of carbonyl (C=O) groups is 1. The number of carboxylic acid groups (broad SMARTS) is 1. The van der Waals surface area contributed by atoms with E-state index in [4.69, 9.17) is 9.84 Å². The first kappa shape index (κ1) is 26.3. The topological polar surface area (TPSA) is 87.0 Å². The van der Waals surface area contributed by atoms with E-state index >= 15 is 0 Å². The minimum atomic E-state index is -0.769. The molecule has 5 atom stereocenters. The van der Waals surface area contributed by atoms with E-state index in [9.17, 15) is 15.0 Å². The van der Waals surface area contributed by atoms with Crippen molar-refractivity contribution in [1.82, 2.24) is 0 Å². The summed E-state index contributed by atoms with van der Waals surface area (Å²) in [5.41, 5.74) is 1.11. The number of allylic oxidation sites excluding steroid dienone is 2. The van der Waals surface area contributed by atoms with E-state index in [2.05, 4.69) is 13.0 Å². The van der Waals surface area contributed by atoms with Crippen LogP contribution in [0.4, 0.5) is 0 Å². The minimum absolute atomic E-state index is 0.0687. The van der Waals surface area contributed by atoms with Crippen LogP contribution in [0.15, 0.2) is 54.6 Å². The Kier molecular flexibility index (Phi) is 12.3. The van der Waals surface area contributed by atoms with E-state index in [-0.39, 0.29) is 24.4 Å². The molecule has 1 aliphatic carbocycles. The fraction of sp³-hybridized carbons (Fsp3) is 0.593. The summed E-state index contributed by atoms with van der Waals surface area (Å²) in [6.45, 7) is 2.65. The van der Waals surface area contributed by atoms with Crippen molar-refractivity contribution in [2.45, 2.75) is 89.6 Å². The van der Waals surface area contributed by atoms with Crippen molar-refractivity contribution < 1.29 is 24.9 Å². The summed E-state index contributed by atoms with van der Waals surface area (Å²) < 4.78 is 6.23. The number of ether oxygens (including phenoxy) is 1. The maximum absolute atomic E-state index is 10.8. The molecule has 0 unspecified atom stereocenters. The molecule has 0 aromatic heterocycles. The summed E-state index contributed by atoms with van der Waals surface area (Å²) in [6, 6.07) is 10.0. The van der Waals surface area contributed by atoms with Crippen molar-refractivity contribution in [2.24, 2.45) is 11.8 Å². The molecule has 0 amide bonds. The fourth-order valence-corrected chi connectivity index (χ4v) is 4.35. The van der Waals surface area contributed by atoms with Crippen LogP contribution in [0.1, 0.15) is 70.3 Å². The van der Waals surface area contributed by atoms with Crippen molar-refractivity contribution >= 4 is 5.97 Å². The van der Waals surface area contributed by atoms with Gasteiger partial charge in [0.05, 0.1) is 24.9 Å². The van der Waals surface area contributed by atoms with Crippen LogP contribution in [0, 0.1) is 11.8 Å². The predicted octanol–water partition coefficient (Wildman–Crippen LogP) is 5.27. The van der Waals surface area contributed by atoms with Crippen LogP contribution in [0.5, 0.6) is 0 Å². The molecule has 0 spiro atoms. The van der Waals surface area contributed by atoms with E-state index in [0.717, 1.165) is 44.1 Å². The lowest BCUT2D eigenvalue weighted by atomic mass is 9.89. The zero-order valence-corrected chi connectivity index (χ0v) is 19.3. The third kappa shape index (κ3) is 9.68. The zero-order valence-electron chi connectivity index (χ0n) is 19.3. The molecule has 3 N–H and O–H groups in total. The van der Waals surface area contributed by atoms with Gasteiger partial charge in [0.15, 0.2) is 0 Å². The SMILES string of the molecule is CCCCC[C@H](O)/C=C/[C@@H]1[C@@H](C/C=C\CCCC(=O)O)[C@@H](OCc2ccccc2)C[C@H]1O. The van der Waals surface area contributed by atoms with Crippen LogP contribution in [-0.4, -0.2) is 39.6 Å². The Morgan fingerprint density at radius 3 is 2.69 bits per heavy atom. The maximum Gasteiger partial charge on any atom is 0.303 e. The molecule has 1 aromatic rings. The van der Waals surface area contributed by atoms with Gasteiger partial charge in [-0.05, 0) is 37.2 Å². The summed E-state index contributed by atoms with van der Waals surface area (Å²) in [4.78, 5) is 10.7. The van der Waals surface area contributed by atoms with Crippen molar-refractivity contribution in [2.75, 3.05) is 0 Å². The average Bonchev–Trinajstić information content (AvgIpc) is 3.08. The number of unbranched alkanes of at least 4 members (excludes halogenated alkanes) is 3. The van der Waals surface area contributed by atoms with Gasteiger partial charge in [0, 0.05) is 18.8 Å². The van der Waals surface area contributed by atoms with Gasteiger partial charge in [-0.3, -0.25) is 4.79 Å². The van der Waals surface area contributed by atoms with Gasteiger partial charge < -0.3 is 20.1 Å². The summed E-state index contributed by atoms with van der Waals surface area (Å²) in [5, 5.41) is 29.8. The van der Waals surface area contributed by atoms with E-state index < -0.39 is 18.2 Å². The van der Waals surface area contributed by atoms with Crippen molar-refractivity contribution in [3.8, 4) is 0 Å². The molecule has 5 heteroatoms. The van der Waals surface area contributed by atoms with E-state index in [1.807, 2.05) is 48.6 Å². The van der Waals surface area contributed by atoms with Crippen LogP contribution < -0.4 is 0 Å². The van der Waals surface area contributed by atoms with Crippen molar-refractivity contribution in [1.29, 1.82) is 0 Å². The molecule has 0 saturated heterocycles. The zero-order chi connectivity index (χ0) is 23.2. The van der Waals surface area contributed by atoms with Gasteiger partial charge in [-0.25, -0.2) is 0 Å². The molecular weight excluding hydrogens is 404 g/mol. The Balaban J connectivity index is 1.98. The molecule has 178 valence electrons. The van der Waals surface area contributed by atoms with Gasteiger partial charge in [-0.15, -0.1) is 0 Å². The lowest BCUT2D eigenvalue weighted by Crippen LogP contribution is -2.22. The van der Waals surface area contributed by atoms with Gasteiger partial charge in [0.2, 0.25) is 0 Å². The molecular formula is C27H40O5. The molecule has 1 fully saturated rings. The largest absolute Gasteiger partial charge is 0.481 e. The second-order valence-electron chi connectivity index (χ2n) is 8.82. The number of hydrogen-bond acceptors (Lipinski definition) is 4. The van der Waals surface area contributed by atoms with Crippen molar-refractivity contribution in [3.63, 3.8) is 0 Å². The highest BCUT2D eigenvalue weighted by atomic mass is 16.5. The number of aliphatic hydroxyl groups excluding tert-OH is 2. The molecule has 2 rings (SSSR count). The third-order valence-corrected chi connectivity index (χ3v) is 6.19. The number of rotatable bonds is 15. The molecule has 0 bridgehead atoms. The number of benzene rings is 1. The van der Waals surface area contributed by atoms with Crippen LogP contribution in [0.2, 0.25) is 0 Å². The Morgan fingerprint density at radius 1 is 1.19 bits per heavy atom. The van der Waals surface area contributed by atoms with E-state index in [1.165, 1.54) is 0 Å². The first-order valence-electron chi connectivity index (χ1n) is 12.1. The third-order valence-electron chi connectivity index (χ3n) is 6.19. The average molecular weight is 445 g/mol. The van der Waals surface area contributed by atoms with E-state index in [1.54, 1.807) is 0 Å². The molecule has 32 heavy (non-hydrogen) atoms. The Bertz CT molecular complexity index is 699. The highest BCUT2D eigenvalue weighted by molar-refractivity contribution is 5.66. The van der Waals surface area contributed by atoms with Crippen molar-refractivity contribution in [3.05, 3.63) is 60.2 Å². The molecule has 0 aliphatic heterocycles. The first-order chi connectivity index (χ1) is 15.5. The van der Waals surface area contributed by atoms with Gasteiger partial charge in [0.1, 0.15) is 0 Å². The van der Waals surface area contributed by atoms with Crippen LogP contribution in [-0.2, 0) is 16.1 Å². The molecule has 1 aliphatic rings. The number of aliphatic carboxylic acids is 1. The first-order valence-corrected chi connectivity index (χ1v) is 12.1. The Labute approximate surface area is 192 Å².